The summed E-state index contributed by atoms with van der Waals surface area (Å²) in [6.07, 6.45) is 3.26. The summed E-state index contributed by atoms with van der Waals surface area (Å²) in [5.41, 5.74) is 1.81. The molecule has 3 nitrogen and oxygen atoms in total. The van der Waals surface area contributed by atoms with Crippen molar-refractivity contribution in [1.29, 1.82) is 0 Å². The maximum atomic E-state index is 12.3. The fourth-order valence-corrected chi connectivity index (χ4v) is 2.40. The molecule has 2 rings (SSSR count). The molecule has 0 radical (unpaired) electrons. The van der Waals surface area contributed by atoms with E-state index in [2.05, 4.69) is 5.32 Å². The largest absolute Gasteiger partial charge is 0.494 e. The molecule has 1 atom stereocenters. The summed E-state index contributed by atoms with van der Waals surface area (Å²) in [5.74, 6) is 1.08. The number of nitrogens with one attached hydrogen (secondary N) is 1. The molecular weight excluding hydrogens is 226 g/mol. The van der Waals surface area contributed by atoms with Gasteiger partial charge in [-0.25, -0.2) is 0 Å². The number of Topliss-reactive ketones (excluding diaryl/α,β-unsaturated/α-hetero) is 1. The molecule has 0 spiro atoms. The summed E-state index contributed by atoms with van der Waals surface area (Å²) in [6.45, 7) is 5.55. The van der Waals surface area contributed by atoms with Gasteiger partial charge in [-0.1, -0.05) is 6.42 Å². The van der Waals surface area contributed by atoms with Crippen LogP contribution >= 0.6 is 0 Å². The summed E-state index contributed by atoms with van der Waals surface area (Å²) in [5, 5.41) is 3.30. The van der Waals surface area contributed by atoms with Crippen molar-refractivity contribution in [3.63, 3.8) is 0 Å². The van der Waals surface area contributed by atoms with Gasteiger partial charge in [0.25, 0.3) is 0 Å². The van der Waals surface area contributed by atoms with Gasteiger partial charge in [0.15, 0.2) is 5.78 Å². The van der Waals surface area contributed by atoms with Crippen LogP contribution in [0.15, 0.2) is 18.2 Å². The monoisotopic (exact) mass is 247 g/mol. The molecule has 1 aromatic carbocycles. The SMILES string of the molecule is CCOc1ccc(C(=O)C2CCCCN2)cc1C. The fourth-order valence-electron chi connectivity index (χ4n) is 2.40. The number of hydrogen-bond acceptors (Lipinski definition) is 3. The summed E-state index contributed by atoms with van der Waals surface area (Å²) < 4.78 is 5.49. The second-order valence-electron chi connectivity index (χ2n) is 4.78. The molecule has 0 aliphatic carbocycles. The number of piperidine rings is 1. The van der Waals surface area contributed by atoms with E-state index >= 15 is 0 Å². The van der Waals surface area contributed by atoms with Crippen LogP contribution in [0.25, 0.3) is 0 Å². The average Bonchev–Trinajstić information content (AvgIpc) is 2.41. The van der Waals surface area contributed by atoms with E-state index < -0.39 is 0 Å². The Labute approximate surface area is 109 Å². The number of rotatable bonds is 4. The molecule has 1 saturated heterocycles. The second kappa shape index (κ2) is 6.01. The minimum atomic E-state index is -0.00362. The Balaban J connectivity index is 2.12. The van der Waals surface area contributed by atoms with Crippen LogP contribution in [-0.2, 0) is 0 Å². The number of ketones is 1. The van der Waals surface area contributed by atoms with Crippen molar-refractivity contribution in [1.82, 2.24) is 5.32 Å². The first-order valence-electron chi connectivity index (χ1n) is 6.73. The average molecular weight is 247 g/mol. The highest BCUT2D eigenvalue weighted by molar-refractivity contribution is 6.00. The number of benzene rings is 1. The molecule has 1 aliphatic heterocycles. The van der Waals surface area contributed by atoms with Crippen molar-refractivity contribution in [2.24, 2.45) is 0 Å². The zero-order valence-corrected chi connectivity index (χ0v) is 11.2. The van der Waals surface area contributed by atoms with Gasteiger partial charge in [0.2, 0.25) is 0 Å². The Morgan fingerprint density at radius 1 is 1.44 bits per heavy atom. The Morgan fingerprint density at radius 2 is 2.28 bits per heavy atom. The standard InChI is InChI=1S/C15H21NO2/c1-3-18-14-8-7-12(10-11(14)2)15(17)13-6-4-5-9-16-13/h7-8,10,13,16H,3-6,9H2,1-2H3. The molecule has 1 unspecified atom stereocenters. The molecule has 3 heteroatoms. The minimum absolute atomic E-state index is 0.00362. The zero-order chi connectivity index (χ0) is 13.0. The molecular formula is C15H21NO2. The number of aryl methyl sites for hydroxylation is 1. The zero-order valence-electron chi connectivity index (χ0n) is 11.2. The van der Waals surface area contributed by atoms with Crippen molar-refractivity contribution >= 4 is 5.78 Å². The van der Waals surface area contributed by atoms with Crippen molar-refractivity contribution in [3.8, 4) is 5.75 Å². The lowest BCUT2D eigenvalue weighted by Crippen LogP contribution is -2.40. The summed E-state index contributed by atoms with van der Waals surface area (Å²) in [6, 6.07) is 5.70. The topological polar surface area (TPSA) is 38.3 Å². The first-order valence-corrected chi connectivity index (χ1v) is 6.73. The van der Waals surface area contributed by atoms with E-state index in [1.807, 2.05) is 32.0 Å². The van der Waals surface area contributed by atoms with Gasteiger partial charge in [0.1, 0.15) is 5.75 Å². The van der Waals surface area contributed by atoms with Crippen molar-refractivity contribution in [3.05, 3.63) is 29.3 Å². The first kappa shape index (κ1) is 13.1. The molecule has 18 heavy (non-hydrogen) atoms. The summed E-state index contributed by atoms with van der Waals surface area (Å²) >= 11 is 0. The lowest BCUT2D eigenvalue weighted by Gasteiger charge is -2.22. The van der Waals surface area contributed by atoms with Crippen LogP contribution in [0.4, 0.5) is 0 Å². The molecule has 0 saturated carbocycles. The maximum Gasteiger partial charge on any atom is 0.179 e. The van der Waals surface area contributed by atoms with Gasteiger partial charge in [-0.05, 0) is 57.0 Å². The Kier molecular flexibility index (Phi) is 4.37. The van der Waals surface area contributed by atoms with Crippen LogP contribution in [-0.4, -0.2) is 25.0 Å². The van der Waals surface area contributed by atoms with Gasteiger partial charge in [0.05, 0.1) is 12.6 Å². The van der Waals surface area contributed by atoms with Crippen LogP contribution in [0, 0.1) is 6.92 Å². The molecule has 1 heterocycles. The van der Waals surface area contributed by atoms with E-state index in [0.717, 1.165) is 36.3 Å². The van der Waals surface area contributed by atoms with Gasteiger partial charge in [-0.2, -0.15) is 0 Å². The van der Waals surface area contributed by atoms with E-state index in [-0.39, 0.29) is 11.8 Å². The van der Waals surface area contributed by atoms with Crippen LogP contribution in [0.1, 0.15) is 42.1 Å². The van der Waals surface area contributed by atoms with Gasteiger partial charge in [0, 0.05) is 5.56 Å². The maximum absolute atomic E-state index is 12.3. The number of hydrogen-bond donors (Lipinski definition) is 1. The van der Waals surface area contributed by atoms with E-state index in [1.54, 1.807) is 0 Å². The van der Waals surface area contributed by atoms with Crippen LogP contribution in [0.5, 0.6) is 5.75 Å². The van der Waals surface area contributed by atoms with Gasteiger partial charge in [-0.3, -0.25) is 4.79 Å². The highest BCUT2D eigenvalue weighted by atomic mass is 16.5. The highest BCUT2D eigenvalue weighted by Gasteiger charge is 2.22. The van der Waals surface area contributed by atoms with Crippen molar-refractivity contribution in [2.45, 2.75) is 39.2 Å². The molecule has 1 fully saturated rings. The fraction of sp³-hybridized carbons (Fsp3) is 0.533. The summed E-state index contributed by atoms with van der Waals surface area (Å²) in [4.78, 5) is 12.3. The van der Waals surface area contributed by atoms with Crippen LogP contribution in [0.2, 0.25) is 0 Å². The van der Waals surface area contributed by atoms with Crippen molar-refractivity contribution in [2.75, 3.05) is 13.2 Å². The van der Waals surface area contributed by atoms with Crippen LogP contribution < -0.4 is 10.1 Å². The second-order valence-corrected chi connectivity index (χ2v) is 4.78. The Morgan fingerprint density at radius 3 is 2.89 bits per heavy atom. The molecule has 0 aromatic heterocycles. The number of ether oxygens (including phenoxy) is 1. The van der Waals surface area contributed by atoms with Gasteiger partial charge >= 0.3 is 0 Å². The highest BCUT2D eigenvalue weighted by Crippen LogP contribution is 2.21. The van der Waals surface area contributed by atoms with E-state index in [0.29, 0.717) is 6.61 Å². The molecule has 1 N–H and O–H groups in total. The molecule has 1 aliphatic rings. The molecule has 98 valence electrons. The third-order valence-corrected chi connectivity index (χ3v) is 3.39. The molecule has 0 bridgehead atoms. The Bertz CT molecular complexity index is 423. The Hall–Kier alpha value is -1.35. The van der Waals surface area contributed by atoms with Gasteiger partial charge in [-0.15, -0.1) is 0 Å². The summed E-state index contributed by atoms with van der Waals surface area (Å²) in [7, 11) is 0. The third kappa shape index (κ3) is 2.91. The minimum Gasteiger partial charge on any atom is -0.494 e. The normalized spacial score (nSPS) is 19.6. The predicted octanol–water partition coefficient (Wildman–Crippen LogP) is 2.72. The van der Waals surface area contributed by atoms with Crippen molar-refractivity contribution < 1.29 is 9.53 Å². The lowest BCUT2D eigenvalue weighted by atomic mass is 9.95. The smallest absolute Gasteiger partial charge is 0.179 e. The van der Waals surface area contributed by atoms with Gasteiger partial charge < -0.3 is 10.1 Å². The lowest BCUT2D eigenvalue weighted by molar-refractivity contribution is 0.0927. The van der Waals surface area contributed by atoms with E-state index in [4.69, 9.17) is 4.74 Å². The molecule has 1 aromatic rings. The third-order valence-electron chi connectivity index (χ3n) is 3.39. The molecule has 0 amide bonds. The number of carbonyl (C=O) groups excluding carboxylic acids is 1. The predicted molar refractivity (Wildman–Crippen MR) is 72.3 cm³/mol. The quantitative estimate of drug-likeness (QED) is 0.831. The first-order chi connectivity index (χ1) is 8.72. The van der Waals surface area contributed by atoms with E-state index in [9.17, 15) is 4.79 Å². The van der Waals surface area contributed by atoms with Crippen LogP contribution in [0.3, 0.4) is 0 Å². The van der Waals surface area contributed by atoms with E-state index in [1.165, 1.54) is 6.42 Å². The number of carbonyl (C=O) groups is 1.